The van der Waals surface area contributed by atoms with E-state index in [4.69, 9.17) is 0 Å². The molecule has 8 heteroatoms. The molecule has 1 aromatic heterocycles. The Labute approximate surface area is 136 Å². The van der Waals surface area contributed by atoms with Crippen LogP contribution in [0.5, 0.6) is 0 Å². The summed E-state index contributed by atoms with van der Waals surface area (Å²) < 4.78 is 24.5. The number of nitrogens with zero attached hydrogens (tertiary/aromatic N) is 4. The topological polar surface area (TPSA) is 89.8 Å². The van der Waals surface area contributed by atoms with Gasteiger partial charge in [-0.1, -0.05) is 12.1 Å². The SMILES string of the molecule is C[C@@H](NCC1CCS(=O)(=O)CC1)c1ccc(-n2cnnn2)cc1. The van der Waals surface area contributed by atoms with E-state index in [-0.39, 0.29) is 6.04 Å². The lowest BCUT2D eigenvalue weighted by Crippen LogP contribution is -2.32. The normalized spacial score (nSPS) is 19.5. The molecule has 0 bridgehead atoms. The molecule has 0 aliphatic carbocycles. The lowest BCUT2D eigenvalue weighted by atomic mass is 10.0. The molecular formula is C15H21N5O2S. The first kappa shape index (κ1) is 16.1. The Bertz CT molecular complexity index is 714. The third kappa shape index (κ3) is 4.14. The summed E-state index contributed by atoms with van der Waals surface area (Å²) in [7, 11) is -2.78. The van der Waals surface area contributed by atoms with Gasteiger partial charge in [0.1, 0.15) is 16.2 Å². The zero-order chi connectivity index (χ0) is 16.3. The van der Waals surface area contributed by atoms with Gasteiger partial charge in [-0.25, -0.2) is 13.1 Å². The molecule has 0 unspecified atom stereocenters. The Hall–Kier alpha value is -1.80. The van der Waals surface area contributed by atoms with Crippen LogP contribution < -0.4 is 5.32 Å². The maximum atomic E-state index is 11.4. The van der Waals surface area contributed by atoms with Gasteiger partial charge in [0.25, 0.3) is 0 Å². The van der Waals surface area contributed by atoms with Gasteiger partial charge in [0.2, 0.25) is 0 Å². The van der Waals surface area contributed by atoms with E-state index in [0.29, 0.717) is 17.4 Å². The fourth-order valence-corrected chi connectivity index (χ4v) is 4.39. The monoisotopic (exact) mass is 335 g/mol. The summed E-state index contributed by atoms with van der Waals surface area (Å²) in [5.74, 6) is 1.10. The number of sulfone groups is 1. The van der Waals surface area contributed by atoms with Gasteiger partial charge in [-0.3, -0.25) is 0 Å². The molecular weight excluding hydrogens is 314 g/mol. The number of aromatic nitrogens is 4. The number of benzene rings is 1. The van der Waals surface area contributed by atoms with Crippen LogP contribution in [0.3, 0.4) is 0 Å². The van der Waals surface area contributed by atoms with Crippen molar-refractivity contribution in [2.45, 2.75) is 25.8 Å². The summed E-state index contributed by atoms with van der Waals surface area (Å²) in [6.45, 7) is 2.97. The lowest BCUT2D eigenvalue weighted by Gasteiger charge is -2.24. The molecule has 1 aliphatic heterocycles. The van der Waals surface area contributed by atoms with E-state index in [1.165, 1.54) is 5.56 Å². The minimum Gasteiger partial charge on any atom is -0.310 e. The van der Waals surface area contributed by atoms with E-state index < -0.39 is 9.84 Å². The van der Waals surface area contributed by atoms with Crippen LogP contribution in [-0.4, -0.2) is 46.7 Å². The van der Waals surface area contributed by atoms with Crippen molar-refractivity contribution < 1.29 is 8.42 Å². The highest BCUT2D eigenvalue weighted by Crippen LogP contribution is 2.20. The fraction of sp³-hybridized carbons (Fsp3) is 0.533. The predicted octanol–water partition coefficient (Wildman–Crippen LogP) is 1.14. The summed E-state index contributed by atoms with van der Waals surface area (Å²) in [6, 6.07) is 8.30. The highest BCUT2D eigenvalue weighted by molar-refractivity contribution is 7.91. The molecule has 1 aromatic carbocycles. The molecule has 1 atom stereocenters. The standard InChI is InChI=1S/C15H21N5O2S/c1-12(16-10-13-6-8-23(21,22)9-7-13)14-2-4-15(5-3-14)20-11-17-18-19-20/h2-5,11-13,16H,6-10H2,1H3/t12-/m1/s1. The molecule has 1 fully saturated rings. The highest BCUT2D eigenvalue weighted by Gasteiger charge is 2.23. The fourth-order valence-electron chi connectivity index (χ4n) is 2.80. The van der Waals surface area contributed by atoms with Crippen LogP contribution >= 0.6 is 0 Å². The highest BCUT2D eigenvalue weighted by atomic mass is 32.2. The summed E-state index contributed by atoms with van der Waals surface area (Å²) in [6.07, 6.45) is 3.09. The second-order valence-electron chi connectivity index (χ2n) is 6.07. The average Bonchev–Trinajstić information content (AvgIpc) is 3.08. The van der Waals surface area contributed by atoms with Crippen molar-refractivity contribution in [2.24, 2.45) is 5.92 Å². The van der Waals surface area contributed by atoms with Crippen molar-refractivity contribution in [1.82, 2.24) is 25.5 Å². The van der Waals surface area contributed by atoms with Gasteiger partial charge < -0.3 is 5.32 Å². The molecule has 23 heavy (non-hydrogen) atoms. The van der Waals surface area contributed by atoms with Crippen molar-refractivity contribution in [3.63, 3.8) is 0 Å². The molecule has 3 rings (SSSR count). The van der Waals surface area contributed by atoms with Crippen LogP contribution in [-0.2, 0) is 9.84 Å². The summed E-state index contributed by atoms with van der Waals surface area (Å²) >= 11 is 0. The third-order valence-corrected chi connectivity index (χ3v) is 6.11. The van der Waals surface area contributed by atoms with E-state index in [2.05, 4.69) is 39.9 Å². The second kappa shape index (κ2) is 6.76. The molecule has 1 N–H and O–H groups in total. The summed E-state index contributed by atoms with van der Waals surface area (Å²) in [5.41, 5.74) is 2.11. The third-order valence-electron chi connectivity index (χ3n) is 4.39. The largest absolute Gasteiger partial charge is 0.310 e. The van der Waals surface area contributed by atoms with Gasteiger partial charge in [-0.2, -0.15) is 0 Å². The maximum Gasteiger partial charge on any atom is 0.150 e. The van der Waals surface area contributed by atoms with E-state index in [9.17, 15) is 8.42 Å². The van der Waals surface area contributed by atoms with Gasteiger partial charge >= 0.3 is 0 Å². The molecule has 0 saturated carbocycles. The molecule has 0 radical (unpaired) electrons. The van der Waals surface area contributed by atoms with Crippen LogP contribution in [0, 0.1) is 5.92 Å². The van der Waals surface area contributed by atoms with Crippen molar-refractivity contribution >= 4 is 9.84 Å². The number of hydrogen-bond donors (Lipinski definition) is 1. The Morgan fingerprint density at radius 3 is 2.57 bits per heavy atom. The first-order chi connectivity index (χ1) is 11.0. The first-order valence-electron chi connectivity index (χ1n) is 7.81. The van der Waals surface area contributed by atoms with Crippen LogP contribution in [0.15, 0.2) is 30.6 Å². The lowest BCUT2D eigenvalue weighted by molar-refractivity contribution is 0.410. The first-order valence-corrected chi connectivity index (χ1v) is 9.63. The minimum atomic E-state index is -2.78. The van der Waals surface area contributed by atoms with E-state index in [1.807, 2.05) is 12.1 Å². The second-order valence-corrected chi connectivity index (χ2v) is 8.37. The zero-order valence-electron chi connectivity index (χ0n) is 13.1. The predicted molar refractivity (Wildman–Crippen MR) is 86.9 cm³/mol. The quantitative estimate of drug-likeness (QED) is 0.881. The van der Waals surface area contributed by atoms with Crippen molar-refractivity contribution in [3.05, 3.63) is 36.2 Å². The number of hydrogen-bond acceptors (Lipinski definition) is 6. The molecule has 2 aromatic rings. The van der Waals surface area contributed by atoms with E-state index in [1.54, 1.807) is 11.0 Å². The maximum absolute atomic E-state index is 11.4. The van der Waals surface area contributed by atoms with Gasteiger partial charge in [-0.15, -0.1) is 5.10 Å². The minimum absolute atomic E-state index is 0.219. The summed E-state index contributed by atoms with van der Waals surface area (Å²) in [5, 5.41) is 14.6. The smallest absolute Gasteiger partial charge is 0.150 e. The molecule has 1 aliphatic rings. The van der Waals surface area contributed by atoms with Gasteiger partial charge in [0.05, 0.1) is 17.2 Å². The Morgan fingerprint density at radius 2 is 1.96 bits per heavy atom. The Morgan fingerprint density at radius 1 is 1.26 bits per heavy atom. The zero-order valence-corrected chi connectivity index (χ0v) is 13.9. The Kier molecular flexibility index (Phi) is 4.72. The van der Waals surface area contributed by atoms with Gasteiger partial charge in [0, 0.05) is 6.04 Å². The van der Waals surface area contributed by atoms with Crippen LogP contribution in [0.25, 0.3) is 5.69 Å². The van der Waals surface area contributed by atoms with Crippen LogP contribution in [0.1, 0.15) is 31.4 Å². The number of rotatable bonds is 5. The van der Waals surface area contributed by atoms with Crippen LogP contribution in [0.2, 0.25) is 0 Å². The Balaban J connectivity index is 1.53. The number of tetrazole rings is 1. The van der Waals surface area contributed by atoms with E-state index >= 15 is 0 Å². The molecule has 0 spiro atoms. The number of nitrogens with one attached hydrogen (secondary N) is 1. The molecule has 1 saturated heterocycles. The van der Waals surface area contributed by atoms with Gasteiger partial charge in [0.15, 0.2) is 0 Å². The van der Waals surface area contributed by atoms with E-state index in [0.717, 1.165) is 25.1 Å². The molecule has 2 heterocycles. The molecule has 7 nitrogen and oxygen atoms in total. The van der Waals surface area contributed by atoms with Crippen molar-refractivity contribution in [3.8, 4) is 5.69 Å². The van der Waals surface area contributed by atoms with Crippen molar-refractivity contribution in [2.75, 3.05) is 18.1 Å². The van der Waals surface area contributed by atoms with Crippen LogP contribution in [0.4, 0.5) is 0 Å². The van der Waals surface area contributed by atoms with Gasteiger partial charge in [-0.05, 0) is 60.4 Å². The average molecular weight is 335 g/mol. The molecule has 124 valence electrons. The van der Waals surface area contributed by atoms with Crippen molar-refractivity contribution in [1.29, 1.82) is 0 Å². The summed E-state index contributed by atoms with van der Waals surface area (Å²) in [4.78, 5) is 0. The molecule has 0 amide bonds.